The van der Waals surface area contributed by atoms with E-state index in [1.165, 1.54) is 12.8 Å². The van der Waals surface area contributed by atoms with Gasteiger partial charge in [-0.05, 0) is 44.7 Å². The van der Waals surface area contributed by atoms with Crippen molar-refractivity contribution in [3.05, 3.63) is 36.0 Å². The molecule has 0 atom stereocenters. The number of benzene rings is 1. The molecular formula is C16H19N3O. The number of carbonyl (C=O) groups excluding carboxylic acids is 1. The van der Waals surface area contributed by atoms with Crippen molar-refractivity contribution < 1.29 is 4.79 Å². The number of rotatable bonds is 3. The molecule has 1 aliphatic carbocycles. The topological polar surface area (TPSA) is 68.0 Å². The SMILES string of the molecule is CC(C)(NC(=O)c1cc(N)c2ccccc2n1)C1CC1. The van der Waals surface area contributed by atoms with Gasteiger partial charge in [-0.25, -0.2) is 4.98 Å². The van der Waals surface area contributed by atoms with Gasteiger partial charge >= 0.3 is 0 Å². The van der Waals surface area contributed by atoms with Gasteiger partial charge in [-0.3, -0.25) is 4.79 Å². The largest absolute Gasteiger partial charge is 0.398 e. The third-order valence-electron chi connectivity index (χ3n) is 4.01. The Balaban J connectivity index is 1.91. The van der Waals surface area contributed by atoms with Crippen LogP contribution >= 0.6 is 0 Å². The number of nitrogens with one attached hydrogen (secondary N) is 1. The molecule has 1 amide bonds. The minimum absolute atomic E-state index is 0.153. The fraction of sp³-hybridized carbons (Fsp3) is 0.375. The average molecular weight is 269 g/mol. The summed E-state index contributed by atoms with van der Waals surface area (Å²) in [5.74, 6) is 0.420. The van der Waals surface area contributed by atoms with Crippen LogP contribution in [0.2, 0.25) is 0 Å². The van der Waals surface area contributed by atoms with Crippen molar-refractivity contribution in [2.45, 2.75) is 32.2 Å². The standard InChI is InChI=1S/C16H19N3O/c1-16(2,10-7-8-10)19-15(20)14-9-12(17)11-5-3-4-6-13(11)18-14/h3-6,9-10H,7-8H2,1-2H3,(H2,17,18)(H,19,20). The van der Waals surface area contributed by atoms with Crippen LogP contribution in [0, 0.1) is 5.92 Å². The minimum atomic E-state index is -0.181. The predicted molar refractivity (Wildman–Crippen MR) is 80.4 cm³/mol. The molecule has 1 aromatic heterocycles. The maximum Gasteiger partial charge on any atom is 0.270 e. The Morgan fingerprint density at radius 1 is 1.35 bits per heavy atom. The van der Waals surface area contributed by atoms with Gasteiger partial charge in [0.15, 0.2) is 0 Å². The lowest BCUT2D eigenvalue weighted by Gasteiger charge is -2.26. The highest BCUT2D eigenvalue weighted by molar-refractivity contribution is 5.99. The van der Waals surface area contributed by atoms with E-state index in [9.17, 15) is 4.79 Å². The highest BCUT2D eigenvalue weighted by Gasteiger charge is 2.39. The van der Waals surface area contributed by atoms with Gasteiger partial charge in [0.2, 0.25) is 0 Å². The van der Waals surface area contributed by atoms with Gasteiger partial charge in [-0.15, -0.1) is 0 Å². The quantitative estimate of drug-likeness (QED) is 0.900. The summed E-state index contributed by atoms with van der Waals surface area (Å²) < 4.78 is 0. The second-order valence-electron chi connectivity index (χ2n) is 6.06. The van der Waals surface area contributed by atoms with Crippen LogP contribution in [-0.4, -0.2) is 16.4 Å². The Kier molecular flexibility index (Phi) is 2.89. The minimum Gasteiger partial charge on any atom is -0.398 e. The summed E-state index contributed by atoms with van der Waals surface area (Å²) in [5.41, 5.74) is 7.55. The number of pyridine rings is 1. The number of aromatic nitrogens is 1. The molecule has 0 saturated heterocycles. The number of carbonyl (C=O) groups is 1. The number of anilines is 1. The second kappa shape index (κ2) is 4.47. The lowest BCUT2D eigenvalue weighted by molar-refractivity contribution is 0.0898. The molecule has 1 heterocycles. The molecule has 2 aromatic rings. The van der Waals surface area contributed by atoms with Gasteiger partial charge in [0.1, 0.15) is 5.69 Å². The Hall–Kier alpha value is -2.10. The third-order valence-corrected chi connectivity index (χ3v) is 4.01. The number of fused-ring (bicyclic) bond motifs is 1. The summed E-state index contributed by atoms with van der Waals surface area (Å²) in [5, 5.41) is 3.95. The van der Waals surface area contributed by atoms with Crippen LogP contribution in [-0.2, 0) is 0 Å². The van der Waals surface area contributed by atoms with Crippen LogP contribution in [0.5, 0.6) is 0 Å². The maximum absolute atomic E-state index is 12.4. The van der Waals surface area contributed by atoms with E-state index in [0.717, 1.165) is 10.9 Å². The molecule has 0 unspecified atom stereocenters. The highest BCUT2D eigenvalue weighted by Crippen LogP contribution is 2.39. The van der Waals surface area contributed by atoms with Crippen molar-refractivity contribution in [3.63, 3.8) is 0 Å². The zero-order valence-electron chi connectivity index (χ0n) is 11.8. The molecule has 1 aliphatic rings. The van der Waals surface area contributed by atoms with Crippen molar-refractivity contribution in [1.29, 1.82) is 0 Å². The van der Waals surface area contributed by atoms with Crippen molar-refractivity contribution in [1.82, 2.24) is 10.3 Å². The van der Waals surface area contributed by atoms with Crippen molar-refractivity contribution in [3.8, 4) is 0 Å². The number of hydrogen-bond donors (Lipinski definition) is 2. The van der Waals surface area contributed by atoms with Crippen molar-refractivity contribution in [2.24, 2.45) is 5.92 Å². The van der Waals surface area contributed by atoms with E-state index in [0.29, 0.717) is 17.3 Å². The third kappa shape index (κ3) is 2.33. The van der Waals surface area contributed by atoms with Gasteiger partial charge in [0.05, 0.1) is 5.52 Å². The molecule has 3 rings (SSSR count). The second-order valence-corrected chi connectivity index (χ2v) is 6.06. The molecule has 1 fully saturated rings. The summed E-state index contributed by atoms with van der Waals surface area (Å²) in [6, 6.07) is 9.24. The predicted octanol–water partition coefficient (Wildman–Crippen LogP) is 2.74. The molecular weight excluding hydrogens is 250 g/mol. The summed E-state index contributed by atoms with van der Waals surface area (Å²) in [7, 11) is 0. The van der Waals surface area contributed by atoms with Crippen LogP contribution in [0.3, 0.4) is 0 Å². The maximum atomic E-state index is 12.4. The van der Waals surface area contributed by atoms with Gasteiger partial charge in [0, 0.05) is 16.6 Å². The lowest BCUT2D eigenvalue weighted by atomic mass is 9.98. The Morgan fingerprint density at radius 2 is 2.05 bits per heavy atom. The van der Waals surface area contributed by atoms with Crippen LogP contribution < -0.4 is 11.1 Å². The molecule has 4 nitrogen and oxygen atoms in total. The fourth-order valence-corrected chi connectivity index (χ4v) is 2.58. The summed E-state index contributed by atoms with van der Waals surface area (Å²) in [6.07, 6.45) is 2.36. The van der Waals surface area contributed by atoms with Crippen molar-refractivity contribution in [2.75, 3.05) is 5.73 Å². The zero-order valence-corrected chi connectivity index (χ0v) is 11.8. The molecule has 20 heavy (non-hydrogen) atoms. The molecule has 0 spiro atoms. The molecule has 0 radical (unpaired) electrons. The molecule has 0 aliphatic heterocycles. The van der Waals surface area contributed by atoms with E-state index < -0.39 is 0 Å². The molecule has 1 aromatic carbocycles. The summed E-state index contributed by atoms with van der Waals surface area (Å²) >= 11 is 0. The fourth-order valence-electron chi connectivity index (χ4n) is 2.58. The first-order valence-corrected chi connectivity index (χ1v) is 6.95. The van der Waals surface area contributed by atoms with Crippen LogP contribution in [0.4, 0.5) is 5.69 Å². The Bertz CT molecular complexity index is 674. The van der Waals surface area contributed by atoms with Crippen molar-refractivity contribution >= 4 is 22.5 Å². The number of amides is 1. The lowest BCUT2D eigenvalue weighted by Crippen LogP contribution is -2.45. The van der Waals surface area contributed by atoms with Gasteiger partial charge in [-0.2, -0.15) is 0 Å². The summed E-state index contributed by atoms with van der Waals surface area (Å²) in [6.45, 7) is 4.12. The normalized spacial score (nSPS) is 15.3. The van der Waals surface area contributed by atoms with Gasteiger partial charge in [0.25, 0.3) is 5.91 Å². The van der Waals surface area contributed by atoms with Crippen LogP contribution in [0.1, 0.15) is 37.2 Å². The van der Waals surface area contributed by atoms with Crippen LogP contribution in [0.25, 0.3) is 10.9 Å². The number of nitrogens with two attached hydrogens (primary N) is 1. The van der Waals surface area contributed by atoms with Gasteiger partial charge < -0.3 is 11.1 Å². The van der Waals surface area contributed by atoms with Gasteiger partial charge in [-0.1, -0.05) is 18.2 Å². The molecule has 104 valence electrons. The number of para-hydroxylation sites is 1. The first-order chi connectivity index (χ1) is 9.47. The molecule has 4 heteroatoms. The Labute approximate surface area is 118 Å². The highest BCUT2D eigenvalue weighted by atomic mass is 16.2. The number of nitrogen functional groups attached to an aromatic ring is 1. The van der Waals surface area contributed by atoms with E-state index >= 15 is 0 Å². The smallest absolute Gasteiger partial charge is 0.270 e. The first-order valence-electron chi connectivity index (χ1n) is 6.95. The Morgan fingerprint density at radius 3 is 2.75 bits per heavy atom. The van der Waals surface area contributed by atoms with E-state index in [2.05, 4.69) is 24.1 Å². The number of nitrogens with zero attached hydrogens (tertiary/aromatic N) is 1. The number of hydrogen-bond acceptors (Lipinski definition) is 3. The van der Waals surface area contributed by atoms with Crippen LogP contribution in [0.15, 0.2) is 30.3 Å². The van der Waals surface area contributed by atoms with E-state index in [-0.39, 0.29) is 11.4 Å². The summed E-state index contributed by atoms with van der Waals surface area (Å²) in [4.78, 5) is 16.8. The molecule has 3 N–H and O–H groups in total. The van der Waals surface area contributed by atoms with E-state index in [1.807, 2.05) is 24.3 Å². The molecule has 1 saturated carbocycles. The first kappa shape index (κ1) is 12.9. The van der Waals surface area contributed by atoms with E-state index in [4.69, 9.17) is 5.73 Å². The monoisotopic (exact) mass is 269 g/mol. The average Bonchev–Trinajstić information content (AvgIpc) is 3.23. The molecule has 0 bridgehead atoms. The zero-order chi connectivity index (χ0) is 14.3. The van der Waals surface area contributed by atoms with E-state index in [1.54, 1.807) is 6.07 Å².